The molecule has 1 unspecified atom stereocenters. The molecule has 1 saturated heterocycles. The van der Waals surface area contributed by atoms with Gasteiger partial charge in [0.05, 0.1) is 6.10 Å². The number of nitrogens with zero attached hydrogens (tertiary/aromatic N) is 1. The van der Waals surface area contributed by atoms with E-state index in [0.29, 0.717) is 6.10 Å². The second-order valence-corrected chi connectivity index (χ2v) is 5.26. The van der Waals surface area contributed by atoms with E-state index in [4.69, 9.17) is 10.5 Å². The number of methoxy groups -OCH3 is 1. The van der Waals surface area contributed by atoms with Gasteiger partial charge in [-0.3, -0.25) is 0 Å². The molecule has 1 aliphatic rings. The van der Waals surface area contributed by atoms with Gasteiger partial charge in [-0.2, -0.15) is 0 Å². The van der Waals surface area contributed by atoms with Crippen LogP contribution in [-0.4, -0.2) is 37.7 Å². The van der Waals surface area contributed by atoms with Crippen LogP contribution in [0.5, 0.6) is 0 Å². The smallest absolute Gasteiger partial charge is 0.0595 e. The predicted molar refractivity (Wildman–Crippen MR) is 74.6 cm³/mol. The monoisotopic (exact) mass is 248 g/mol. The summed E-state index contributed by atoms with van der Waals surface area (Å²) in [5, 5.41) is 0. The minimum Gasteiger partial charge on any atom is -0.381 e. The zero-order chi connectivity index (χ0) is 13.0. The minimum atomic E-state index is 0.115. The molecule has 100 valence electrons. The lowest BCUT2D eigenvalue weighted by molar-refractivity contribution is 0.0395. The quantitative estimate of drug-likeness (QED) is 0.887. The number of hydrogen-bond donors (Lipinski definition) is 1. The molecule has 1 aromatic rings. The van der Waals surface area contributed by atoms with Crippen molar-refractivity contribution in [3.8, 4) is 0 Å². The van der Waals surface area contributed by atoms with E-state index in [-0.39, 0.29) is 6.04 Å². The first-order valence-corrected chi connectivity index (χ1v) is 6.76. The Kier molecular flexibility index (Phi) is 4.75. The van der Waals surface area contributed by atoms with Crippen LogP contribution in [0.25, 0.3) is 0 Å². The van der Waals surface area contributed by atoms with E-state index < -0.39 is 0 Å². The molecule has 3 nitrogen and oxygen atoms in total. The van der Waals surface area contributed by atoms with E-state index in [2.05, 4.69) is 36.1 Å². The molecule has 1 heterocycles. The van der Waals surface area contributed by atoms with Crippen molar-refractivity contribution in [2.24, 2.45) is 5.73 Å². The third kappa shape index (κ3) is 3.55. The van der Waals surface area contributed by atoms with Crippen molar-refractivity contribution in [3.05, 3.63) is 35.4 Å². The molecule has 0 saturated carbocycles. The Bertz CT molecular complexity index is 373. The Morgan fingerprint density at radius 1 is 1.39 bits per heavy atom. The van der Waals surface area contributed by atoms with Gasteiger partial charge in [0.2, 0.25) is 0 Å². The highest BCUT2D eigenvalue weighted by molar-refractivity contribution is 5.25. The summed E-state index contributed by atoms with van der Waals surface area (Å²) in [6.45, 7) is 5.25. The van der Waals surface area contributed by atoms with Crippen molar-refractivity contribution < 1.29 is 4.74 Å². The van der Waals surface area contributed by atoms with E-state index in [1.807, 2.05) is 0 Å². The predicted octanol–water partition coefficient (Wildman–Crippen LogP) is 2.11. The molecule has 1 atom stereocenters. The van der Waals surface area contributed by atoms with Gasteiger partial charge in [0.15, 0.2) is 0 Å². The molecule has 0 aromatic heterocycles. The summed E-state index contributed by atoms with van der Waals surface area (Å²) < 4.78 is 5.39. The Morgan fingerprint density at radius 3 is 2.72 bits per heavy atom. The fourth-order valence-corrected chi connectivity index (χ4v) is 2.61. The highest BCUT2D eigenvalue weighted by atomic mass is 16.5. The molecule has 0 radical (unpaired) electrons. The van der Waals surface area contributed by atoms with Gasteiger partial charge in [0.1, 0.15) is 0 Å². The number of hydrogen-bond acceptors (Lipinski definition) is 3. The number of rotatable bonds is 4. The van der Waals surface area contributed by atoms with Gasteiger partial charge >= 0.3 is 0 Å². The number of likely N-dealkylation sites (tertiary alicyclic amines) is 1. The topological polar surface area (TPSA) is 38.5 Å². The zero-order valence-corrected chi connectivity index (χ0v) is 11.4. The van der Waals surface area contributed by atoms with E-state index in [1.165, 1.54) is 11.1 Å². The largest absolute Gasteiger partial charge is 0.381 e. The first kappa shape index (κ1) is 13.5. The second-order valence-electron chi connectivity index (χ2n) is 5.26. The van der Waals surface area contributed by atoms with Crippen LogP contribution >= 0.6 is 0 Å². The number of aryl methyl sites for hydroxylation is 1. The third-order valence-corrected chi connectivity index (χ3v) is 3.79. The average Bonchev–Trinajstić information content (AvgIpc) is 2.39. The Labute approximate surface area is 110 Å². The number of piperidine rings is 1. The highest BCUT2D eigenvalue weighted by Crippen LogP contribution is 2.17. The fraction of sp³-hybridized carbons (Fsp3) is 0.600. The molecule has 1 aromatic carbocycles. The molecular formula is C15H24N2O. The molecule has 18 heavy (non-hydrogen) atoms. The van der Waals surface area contributed by atoms with Gasteiger partial charge in [-0.05, 0) is 25.3 Å². The average molecular weight is 248 g/mol. The number of benzene rings is 1. The van der Waals surface area contributed by atoms with Gasteiger partial charge in [-0.15, -0.1) is 0 Å². The van der Waals surface area contributed by atoms with Crippen LogP contribution in [0.1, 0.15) is 30.0 Å². The summed E-state index contributed by atoms with van der Waals surface area (Å²) >= 11 is 0. The van der Waals surface area contributed by atoms with Crippen molar-refractivity contribution in [3.63, 3.8) is 0 Å². The van der Waals surface area contributed by atoms with Crippen molar-refractivity contribution in [1.82, 2.24) is 4.90 Å². The van der Waals surface area contributed by atoms with Gasteiger partial charge in [0, 0.05) is 32.8 Å². The fourth-order valence-electron chi connectivity index (χ4n) is 2.61. The van der Waals surface area contributed by atoms with Gasteiger partial charge in [-0.25, -0.2) is 0 Å². The van der Waals surface area contributed by atoms with Crippen molar-refractivity contribution >= 4 is 0 Å². The normalized spacial score (nSPS) is 19.9. The van der Waals surface area contributed by atoms with Crippen LogP contribution in [0.3, 0.4) is 0 Å². The first-order valence-electron chi connectivity index (χ1n) is 6.76. The molecular weight excluding hydrogens is 224 g/mol. The van der Waals surface area contributed by atoms with Crippen molar-refractivity contribution in [2.75, 3.05) is 26.7 Å². The van der Waals surface area contributed by atoms with Crippen LogP contribution < -0.4 is 5.73 Å². The summed E-state index contributed by atoms with van der Waals surface area (Å²) in [5.74, 6) is 0. The summed E-state index contributed by atoms with van der Waals surface area (Å²) in [6, 6.07) is 8.62. The molecule has 3 heteroatoms. The zero-order valence-electron chi connectivity index (χ0n) is 11.4. The molecule has 1 aliphatic heterocycles. The Morgan fingerprint density at radius 2 is 2.11 bits per heavy atom. The lowest BCUT2D eigenvalue weighted by Gasteiger charge is -2.32. The van der Waals surface area contributed by atoms with Crippen molar-refractivity contribution in [1.29, 1.82) is 0 Å². The maximum Gasteiger partial charge on any atom is 0.0595 e. The van der Waals surface area contributed by atoms with Crippen LogP contribution in [0.4, 0.5) is 0 Å². The summed E-state index contributed by atoms with van der Waals surface area (Å²) in [6.07, 6.45) is 2.69. The lowest BCUT2D eigenvalue weighted by Crippen LogP contribution is -2.40. The maximum atomic E-state index is 6.29. The van der Waals surface area contributed by atoms with Gasteiger partial charge in [0.25, 0.3) is 0 Å². The molecule has 2 N–H and O–H groups in total. The third-order valence-electron chi connectivity index (χ3n) is 3.79. The number of ether oxygens (including phenoxy) is 1. The van der Waals surface area contributed by atoms with Crippen LogP contribution in [-0.2, 0) is 4.74 Å². The molecule has 1 fully saturated rings. The van der Waals surface area contributed by atoms with Crippen LogP contribution in [0.2, 0.25) is 0 Å². The van der Waals surface area contributed by atoms with Crippen LogP contribution in [0, 0.1) is 6.92 Å². The second kappa shape index (κ2) is 6.32. The summed E-state index contributed by atoms with van der Waals surface area (Å²) in [7, 11) is 1.80. The standard InChI is InChI=1S/C15H24N2O/c1-12-4-3-5-13(10-12)15(16)11-17-8-6-14(18-2)7-9-17/h3-5,10,14-15H,6-9,11,16H2,1-2H3. The van der Waals surface area contributed by atoms with Gasteiger partial charge in [-0.1, -0.05) is 29.8 Å². The minimum absolute atomic E-state index is 0.115. The Balaban J connectivity index is 1.86. The van der Waals surface area contributed by atoms with E-state index >= 15 is 0 Å². The highest BCUT2D eigenvalue weighted by Gasteiger charge is 2.20. The SMILES string of the molecule is COC1CCN(CC(N)c2cccc(C)c2)CC1. The van der Waals surface area contributed by atoms with Gasteiger partial charge < -0.3 is 15.4 Å². The molecule has 0 bridgehead atoms. The molecule has 0 aliphatic carbocycles. The lowest BCUT2D eigenvalue weighted by atomic mass is 10.0. The maximum absolute atomic E-state index is 6.29. The summed E-state index contributed by atoms with van der Waals surface area (Å²) in [4.78, 5) is 2.45. The van der Waals surface area contributed by atoms with E-state index in [9.17, 15) is 0 Å². The summed E-state index contributed by atoms with van der Waals surface area (Å²) in [5.41, 5.74) is 8.81. The van der Waals surface area contributed by atoms with E-state index in [0.717, 1.165) is 32.5 Å². The molecule has 2 rings (SSSR count). The van der Waals surface area contributed by atoms with Crippen LogP contribution in [0.15, 0.2) is 24.3 Å². The Hall–Kier alpha value is -0.900. The molecule has 0 spiro atoms. The molecule has 0 amide bonds. The number of nitrogens with two attached hydrogens (primary N) is 1. The van der Waals surface area contributed by atoms with E-state index in [1.54, 1.807) is 7.11 Å². The first-order chi connectivity index (χ1) is 8.69. The van der Waals surface area contributed by atoms with Crippen molar-refractivity contribution in [2.45, 2.75) is 31.9 Å².